The zero-order valence-corrected chi connectivity index (χ0v) is 20.5. The van der Waals surface area contributed by atoms with Crippen molar-refractivity contribution in [3.63, 3.8) is 0 Å². The molecule has 0 unspecified atom stereocenters. The highest BCUT2D eigenvalue weighted by atomic mass is 35.7. The number of ether oxygens (including phenoxy) is 3. The van der Waals surface area contributed by atoms with Crippen LogP contribution < -0.4 is 0 Å². The number of hydrogen-bond donors (Lipinski definition) is 0. The molecule has 0 saturated heterocycles. The second-order valence-corrected chi connectivity index (χ2v) is 10.9. The molecule has 2 aromatic carbocycles. The van der Waals surface area contributed by atoms with Gasteiger partial charge in [-0.3, -0.25) is 4.18 Å². The molecular weight excluding hydrogens is 480 g/mol. The van der Waals surface area contributed by atoms with Gasteiger partial charge in [-0.05, 0) is 24.6 Å². The summed E-state index contributed by atoms with van der Waals surface area (Å²) in [5.74, 6) is -0.102. The standard InChI is InChI=1S/C14H22O6S.C7H7ClO2S/c1-13-3-5-14(6-4-13)21(15,16)20-12-11-19-10-9-18-8-7-17-2;8-11(9,10)6-7-4-2-1-3-5-7/h3-6H,7-12H2,1-2H3;1-5H,6H2. The number of methoxy groups -OCH3 is 1. The Labute approximate surface area is 194 Å². The molecule has 8 nitrogen and oxygen atoms in total. The molecule has 0 aromatic heterocycles. The maximum atomic E-state index is 11.8. The smallest absolute Gasteiger partial charge is 0.297 e. The summed E-state index contributed by atoms with van der Waals surface area (Å²) in [4.78, 5) is 0.149. The average molecular weight is 509 g/mol. The minimum Gasteiger partial charge on any atom is -0.382 e. The van der Waals surface area contributed by atoms with Gasteiger partial charge in [0.2, 0.25) is 9.05 Å². The van der Waals surface area contributed by atoms with Gasteiger partial charge in [0.25, 0.3) is 10.1 Å². The van der Waals surface area contributed by atoms with Crippen LogP contribution in [0.1, 0.15) is 11.1 Å². The number of hydrogen-bond acceptors (Lipinski definition) is 8. The molecule has 0 fully saturated rings. The lowest BCUT2D eigenvalue weighted by molar-refractivity contribution is 0.0184. The Hall–Kier alpha value is -1.53. The fourth-order valence-corrected chi connectivity index (χ4v) is 4.07. The molecule has 0 bridgehead atoms. The molecule has 11 heteroatoms. The van der Waals surface area contributed by atoms with Crippen molar-refractivity contribution < 1.29 is 35.2 Å². The minimum absolute atomic E-state index is 0.0196. The molecule has 0 amide bonds. The third kappa shape index (κ3) is 13.8. The molecule has 0 spiro atoms. The van der Waals surface area contributed by atoms with E-state index >= 15 is 0 Å². The van der Waals surface area contributed by atoms with Gasteiger partial charge in [0.1, 0.15) is 0 Å². The summed E-state index contributed by atoms with van der Waals surface area (Å²) in [7, 11) is -0.472. The van der Waals surface area contributed by atoms with Crippen LogP contribution in [-0.4, -0.2) is 63.6 Å². The summed E-state index contributed by atoms with van der Waals surface area (Å²) in [6.45, 7) is 3.94. The van der Waals surface area contributed by atoms with Gasteiger partial charge in [0.05, 0.1) is 50.3 Å². The molecule has 0 saturated carbocycles. The summed E-state index contributed by atoms with van der Waals surface area (Å²) in [5, 5.41) is 0. The quantitative estimate of drug-likeness (QED) is 0.231. The minimum atomic E-state index is -3.71. The topological polar surface area (TPSA) is 105 Å². The van der Waals surface area contributed by atoms with Crippen LogP contribution >= 0.6 is 10.7 Å². The Morgan fingerprint density at radius 1 is 0.750 bits per heavy atom. The highest BCUT2D eigenvalue weighted by Gasteiger charge is 2.14. The van der Waals surface area contributed by atoms with Crippen LogP contribution in [0.3, 0.4) is 0 Å². The van der Waals surface area contributed by atoms with Crippen molar-refractivity contribution in [3.05, 3.63) is 65.7 Å². The predicted octanol–water partition coefficient (Wildman–Crippen LogP) is 3.14. The molecule has 180 valence electrons. The normalized spacial score (nSPS) is 11.6. The molecule has 0 radical (unpaired) electrons. The van der Waals surface area contributed by atoms with E-state index in [1.807, 2.05) is 13.0 Å². The first-order valence-electron chi connectivity index (χ1n) is 9.71. The summed E-state index contributed by atoms with van der Waals surface area (Å²) in [5.41, 5.74) is 1.70. The zero-order valence-electron chi connectivity index (χ0n) is 18.1. The van der Waals surface area contributed by atoms with Crippen LogP contribution in [0.2, 0.25) is 0 Å². The summed E-state index contributed by atoms with van der Waals surface area (Å²) >= 11 is 0. The first-order valence-corrected chi connectivity index (χ1v) is 13.6. The van der Waals surface area contributed by atoms with Crippen molar-refractivity contribution in [2.24, 2.45) is 0 Å². The van der Waals surface area contributed by atoms with E-state index in [0.29, 0.717) is 32.0 Å². The summed E-state index contributed by atoms with van der Waals surface area (Å²) < 4.78 is 64.9. The van der Waals surface area contributed by atoms with E-state index in [2.05, 4.69) is 0 Å². The first kappa shape index (κ1) is 28.5. The van der Waals surface area contributed by atoms with Crippen LogP contribution in [-0.2, 0) is 43.3 Å². The van der Waals surface area contributed by atoms with E-state index in [-0.39, 0.29) is 23.9 Å². The second kappa shape index (κ2) is 15.3. The van der Waals surface area contributed by atoms with Crippen molar-refractivity contribution in [1.29, 1.82) is 0 Å². The summed E-state index contributed by atoms with van der Waals surface area (Å²) in [6.07, 6.45) is 0. The maximum absolute atomic E-state index is 11.8. The third-order valence-electron chi connectivity index (χ3n) is 3.76. The lowest BCUT2D eigenvalue weighted by Gasteiger charge is -2.07. The highest BCUT2D eigenvalue weighted by Crippen LogP contribution is 2.13. The Balaban J connectivity index is 0.000000389. The van der Waals surface area contributed by atoms with Crippen molar-refractivity contribution in [2.45, 2.75) is 17.6 Å². The molecule has 2 rings (SSSR count). The van der Waals surface area contributed by atoms with Gasteiger partial charge >= 0.3 is 0 Å². The molecule has 0 aliphatic heterocycles. The maximum Gasteiger partial charge on any atom is 0.297 e. The Morgan fingerprint density at radius 2 is 1.28 bits per heavy atom. The van der Waals surface area contributed by atoms with Gasteiger partial charge < -0.3 is 14.2 Å². The predicted molar refractivity (Wildman–Crippen MR) is 123 cm³/mol. The van der Waals surface area contributed by atoms with Gasteiger partial charge in [-0.2, -0.15) is 8.42 Å². The van der Waals surface area contributed by atoms with E-state index in [4.69, 9.17) is 29.1 Å². The average Bonchev–Trinajstić information content (AvgIpc) is 2.73. The molecule has 0 aliphatic carbocycles. The van der Waals surface area contributed by atoms with E-state index in [9.17, 15) is 16.8 Å². The third-order valence-corrected chi connectivity index (χ3v) is 6.09. The Morgan fingerprint density at radius 3 is 1.81 bits per heavy atom. The molecule has 0 aliphatic rings. The van der Waals surface area contributed by atoms with Gasteiger partial charge in [0, 0.05) is 17.8 Å². The lowest BCUT2D eigenvalue weighted by atomic mass is 10.2. The zero-order chi connectivity index (χ0) is 23.9. The van der Waals surface area contributed by atoms with Crippen LogP contribution in [0.15, 0.2) is 59.5 Å². The monoisotopic (exact) mass is 508 g/mol. The van der Waals surface area contributed by atoms with Crippen LogP contribution in [0.5, 0.6) is 0 Å². The van der Waals surface area contributed by atoms with Gasteiger partial charge in [0.15, 0.2) is 0 Å². The Bertz CT molecular complexity index is 963. The largest absolute Gasteiger partial charge is 0.382 e. The molecule has 2 aromatic rings. The molecule has 32 heavy (non-hydrogen) atoms. The lowest BCUT2D eigenvalue weighted by Crippen LogP contribution is -2.14. The first-order chi connectivity index (χ1) is 15.1. The van der Waals surface area contributed by atoms with Crippen molar-refractivity contribution in [1.82, 2.24) is 0 Å². The Kier molecular flexibility index (Phi) is 13.7. The van der Waals surface area contributed by atoms with Crippen LogP contribution in [0, 0.1) is 6.92 Å². The van der Waals surface area contributed by atoms with Crippen molar-refractivity contribution >= 4 is 29.9 Å². The van der Waals surface area contributed by atoms with E-state index in [0.717, 1.165) is 5.56 Å². The van der Waals surface area contributed by atoms with Crippen molar-refractivity contribution in [2.75, 3.05) is 46.8 Å². The van der Waals surface area contributed by atoms with Crippen LogP contribution in [0.25, 0.3) is 0 Å². The fourth-order valence-electron chi connectivity index (χ4n) is 2.21. The number of aryl methyl sites for hydroxylation is 1. The number of rotatable bonds is 13. The SMILES string of the molecule is COCCOCCOCCOS(=O)(=O)c1ccc(C)cc1.O=S(=O)(Cl)Cc1ccccc1. The van der Waals surface area contributed by atoms with Crippen molar-refractivity contribution in [3.8, 4) is 0 Å². The second-order valence-electron chi connectivity index (χ2n) is 6.48. The molecular formula is C21H29ClO8S2. The van der Waals surface area contributed by atoms with E-state index < -0.39 is 19.2 Å². The summed E-state index contributed by atoms with van der Waals surface area (Å²) in [6, 6.07) is 15.3. The molecule has 0 N–H and O–H groups in total. The van der Waals surface area contributed by atoms with Gasteiger partial charge in [-0.25, -0.2) is 8.42 Å². The highest BCUT2D eigenvalue weighted by molar-refractivity contribution is 8.13. The fraction of sp³-hybridized carbons (Fsp3) is 0.429. The molecule has 0 heterocycles. The van der Waals surface area contributed by atoms with Crippen LogP contribution in [0.4, 0.5) is 0 Å². The van der Waals surface area contributed by atoms with E-state index in [1.165, 1.54) is 12.1 Å². The molecule has 0 atom stereocenters. The van der Waals surface area contributed by atoms with Gasteiger partial charge in [-0.1, -0.05) is 48.0 Å². The number of benzene rings is 2. The number of halogens is 1. The van der Waals surface area contributed by atoms with E-state index in [1.54, 1.807) is 43.5 Å². The van der Waals surface area contributed by atoms with Gasteiger partial charge in [-0.15, -0.1) is 0 Å².